The first kappa shape index (κ1) is 14.0. The van der Waals surface area contributed by atoms with Crippen molar-refractivity contribution in [2.45, 2.75) is 26.2 Å². The second-order valence-electron chi connectivity index (χ2n) is 4.55. The van der Waals surface area contributed by atoms with E-state index in [0.29, 0.717) is 6.42 Å². The van der Waals surface area contributed by atoms with Crippen LogP contribution in [-0.2, 0) is 6.42 Å². The number of unbranched alkanes of at least 4 members (excludes halogenated alkanes) is 1. The molecule has 2 N–H and O–H groups in total. The number of nitrogens with one attached hydrogen (secondary N) is 1. The first-order valence-electron chi connectivity index (χ1n) is 6.53. The fourth-order valence-corrected chi connectivity index (χ4v) is 2.07. The van der Waals surface area contributed by atoms with Gasteiger partial charge in [0.25, 0.3) is 5.56 Å². The average Bonchev–Trinajstić information content (AvgIpc) is 2.45. The summed E-state index contributed by atoms with van der Waals surface area (Å²) < 4.78 is 0. The second-order valence-corrected chi connectivity index (χ2v) is 4.55. The van der Waals surface area contributed by atoms with Crippen LogP contribution in [0.4, 0.5) is 0 Å². The molecule has 0 aliphatic carbocycles. The van der Waals surface area contributed by atoms with Gasteiger partial charge in [0.05, 0.1) is 0 Å². The third-order valence-corrected chi connectivity index (χ3v) is 3.12. The van der Waals surface area contributed by atoms with Crippen molar-refractivity contribution in [3.63, 3.8) is 0 Å². The van der Waals surface area contributed by atoms with Crippen LogP contribution in [0.5, 0.6) is 0 Å². The van der Waals surface area contributed by atoms with Crippen molar-refractivity contribution in [2.24, 2.45) is 0 Å². The molecular formula is C15H16N2O3. The summed E-state index contributed by atoms with van der Waals surface area (Å²) in [7, 11) is 0. The topological polar surface area (TPSA) is 83.0 Å². The summed E-state index contributed by atoms with van der Waals surface area (Å²) >= 11 is 0. The zero-order chi connectivity index (χ0) is 14.5. The van der Waals surface area contributed by atoms with Gasteiger partial charge in [-0.3, -0.25) is 9.78 Å². The van der Waals surface area contributed by atoms with Gasteiger partial charge < -0.3 is 10.1 Å². The van der Waals surface area contributed by atoms with Gasteiger partial charge >= 0.3 is 5.97 Å². The summed E-state index contributed by atoms with van der Waals surface area (Å²) in [6.45, 7) is 2.07. The van der Waals surface area contributed by atoms with Crippen LogP contribution in [0.3, 0.4) is 0 Å². The number of hydrogen-bond acceptors (Lipinski definition) is 3. The molecule has 0 spiro atoms. The highest BCUT2D eigenvalue weighted by Gasteiger charge is 2.14. The van der Waals surface area contributed by atoms with Gasteiger partial charge in [0, 0.05) is 23.7 Å². The molecule has 0 saturated heterocycles. The smallest absolute Gasteiger partial charge is 0.341 e. The summed E-state index contributed by atoms with van der Waals surface area (Å²) in [6.07, 6.45) is 5.93. The Labute approximate surface area is 116 Å². The first-order chi connectivity index (χ1) is 9.63. The third-order valence-electron chi connectivity index (χ3n) is 3.12. The monoisotopic (exact) mass is 272 g/mol. The lowest BCUT2D eigenvalue weighted by atomic mass is 10.00. The lowest BCUT2D eigenvalue weighted by Crippen LogP contribution is -2.19. The lowest BCUT2D eigenvalue weighted by molar-refractivity contribution is 0.0695. The second kappa shape index (κ2) is 6.14. The molecule has 2 rings (SSSR count). The van der Waals surface area contributed by atoms with E-state index in [1.165, 1.54) is 6.07 Å². The number of carboxylic acids is 1. The van der Waals surface area contributed by atoms with Crippen LogP contribution in [0, 0.1) is 0 Å². The van der Waals surface area contributed by atoms with E-state index >= 15 is 0 Å². The van der Waals surface area contributed by atoms with Crippen LogP contribution in [-0.4, -0.2) is 21.0 Å². The van der Waals surface area contributed by atoms with Crippen molar-refractivity contribution in [1.82, 2.24) is 9.97 Å². The Balaban J connectivity index is 2.59. The molecule has 0 unspecified atom stereocenters. The van der Waals surface area contributed by atoms with E-state index in [0.717, 1.165) is 29.7 Å². The quantitative estimate of drug-likeness (QED) is 0.875. The number of aromatic carboxylic acids is 1. The molecule has 0 atom stereocenters. The number of aromatic amines is 1. The third kappa shape index (κ3) is 2.93. The highest BCUT2D eigenvalue weighted by atomic mass is 16.4. The Morgan fingerprint density at radius 1 is 1.35 bits per heavy atom. The maximum atomic E-state index is 11.8. The van der Waals surface area contributed by atoms with Crippen LogP contribution in [0.15, 0.2) is 35.4 Å². The Kier molecular flexibility index (Phi) is 4.30. The molecule has 20 heavy (non-hydrogen) atoms. The predicted octanol–water partition coefficient (Wildman–Crippen LogP) is 2.48. The molecule has 5 heteroatoms. The van der Waals surface area contributed by atoms with E-state index in [4.69, 9.17) is 5.11 Å². The molecule has 0 bridgehead atoms. The summed E-state index contributed by atoms with van der Waals surface area (Å²) in [5.41, 5.74) is 1.58. The number of carbonyl (C=O) groups is 1. The van der Waals surface area contributed by atoms with E-state index in [9.17, 15) is 9.59 Å². The maximum Gasteiger partial charge on any atom is 0.341 e. The van der Waals surface area contributed by atoms with Crippen LogP contribution in [0.25, 0.3) is 11.1 Å². The Bertz CT molecular complexity index is 663. The number of aryl methyl sites for hydroxylation is 1. The van der Waals surface area contributed by atoms with Gasteiger partial charge in [-0.05, 0) is 36.6 Å². The summed E-state index contributed by atoms with van der Waals surface area (Å²) in [4.78, 5) is 29.5. The van der Waals surface area contributed by atoms with E-state index in [-0.39, 0.29) is 5.56 Å². The molecule has 0 aromatic carbocycles. The maximum absolute atomic E-state index is 11.8. The zero-order valence-electron chi connectivity index (χ0n) is 11.2. The summed E-state index contributed by atoms with van der Waals surface area (Å²) in [6, 6.07) is 5.05. The van der Waals surface area contributed by atoms with E-state index in [1.54, 1.807) is 24.5 Å². The minimum Gasteiger partial charge on any atom is -0.477 e. The van der Waals surface area contributed by atoms with Crippen LogP contribution in [0.1, 0.15) is 35.8 Å². The largest absolute Gasteiger partial charge is 0.477 e. The van der Waals surface area contributed by atoms with Gasteiger partial charge in [-0.2, -0.15) is 0 Å². The highest BCUT2D eigenvalue weighted by molar-refractivity contribution is 5.89. The van der Waals surface area contributed by atoms with E-state index in [2.05, 4.69) is 16.9 Å². The molecule has 2 aromatic rings. The van der Waals surface area contributed by atoms with Gasteiger partial charge in [0.15, 0.2) is 0 Å². The minimum atomic E-state index is -1.22. The molecule has 5 nitrogen and oxygen atoms in total. The summed E-state index contributed by atoms with van der Waals surface area (Å²) in [5, 5.41) is 9.07. The van der Waals surface area contributed by atoms with Gasteiger partial charge in [0.1, 0.15) is 5.56 Å². The average molecular weight is 272 g/mol. The SMILES string of the molecule is CCCCc1[nH]c(=O)c(C(=O)O)cc1-c1ccncc1. The van der Waals surface area contributed by atoms with Gasteiger partial charge in [0.2, 0.25) is 0 Å². The molecule has 104 valence electrons. The summed E-state index contributed by atoms with van der Waals surface area (Å²) in [5.74, 6) is -1.22. The number of rotatable bonds is 5. The molecule has 0 amide bonds. The standard InChI is InChI=1S/C15H16N2O3/c1-2-3-4-13-11(10-5-7-16-8-6-10)9-12(15(19)20)14(18)17-13/h5-9H,2-4H2,1H3,(H,17,18)(H,19,20). The number of aromatic nitrogens is 2. The molecule has 0 saturated carbocycles. The first-order valence-corrected chi connectivity index (χ1v) is 6.53. The van der Waals surface area contributed by atoms with Crippen molar-refractivity contribution < 1.29 is 9.90 Å². The van der Waals surface area contributed by atoms with E-state index in [1.807, 2.05) is 0 Å². The highest BCUT2D eigenvalue weighted by Crippen LogP contribution is 2.23. The number of carboxylic acid groups (broad SMARTS) is 1. The van der Waals surface area contributed by atoms with Crippen molar-refractivity contribution >= 4 is 5.97 Å². The predicted molar refractivity (Wildman–Crippen MR) is 75.9 cm³/mol. The normalized spacial score (nSPS) is 10.4. The van der Waals surface area contributed by atoms with Gasteiger partial charge in [-0.15, -0.1) is 0 Å². The van der Waals surface area contributed by atoms with Crippen LogP contribution < -0.4 is 5.56 Å². The molecule has 0 fully saturated rings. The number of nitrogens with zero attached hydrogens (tertiary/aromatic N) is 1. The Morgan fingerprint density at radius 3 is 2.65 bits per heavy atom. The van der Waals surface area contributed by atoms with Gasteiger partial charge in [-0.25, -0.2) is 4.79 Å². The zero-order valence-corrected chi connectivity index (χ0v) is 11.2. The molecule has 2 heterocycles. The fourth-order valence-electron chi connectivity index (χ4n) is 2.07. The Morgan fingerprint density at radius 2 is 2.05 bits per heavy atom. The minimum absolute atomic E-state index is 0.239. The van der Waals surface area contributed by atoms with Crippen LogP contribution >= 0.6 is 0 Å². The number of pyridine rings is 2. The van der Waals surface area contributed by atoms with Gasteiger partial charge in [-0.1, -0.05) is 13.3 Å². The molecular weight excluding hydrogens is 256 g/mol. The van der Waals surface area contributed by atoms with Crippen molar-refractivity contribution in [1.29, 1.82) is 0 Å². The van der Waals surface area contributed by atoms with E-state index < -0.39 is 11.5 Å². The van der Waals surface area contributed by atoms with Crippen molar-refractivity contribution in [3.8, 4) is 11.1 Å². The fraction of sp³-hybridized carbons (Fsp3) is 0.267. The molecule has 0 aliphatic rings. The van der Waals surface area contributed by atoms with Crippen molar-refractivity contribution in [2.75, 3.05) is 0 Å². The van der Waals surface area contributed by atoms with Crippen molar-refractivity contribution in [3.05, 3.63) is 52.2 Å². The lowest BCUT2D eigenvalue weighted by Gasteiger charge is -2.10. The molecule has 0 aliphatic heterocycles. The molecule has 0 radical (unpaired) electrons. The number of H-pyrrole nitrogens is 1. The number of hydrogen-bond donors (Lipinski definition) is 2. The molecule has 2 aromatic heterocycles. The van der Waals surface area contributed by atoms with Crippen LogP contribution in [0.2, 0.25) is 0 Å². The Hall–Kier alpha value is -2.43.